The molecule has 1 rings (SSSR count). The molecule has 0 aliphatic heterocycles. The van der Waals surface area contributed by atoms with Crippen LogP contribution >= 0.6 is 0 Å². The number of carbonyl (C=O) groups is 1. The number of carboxylic acids is 1. The molecule has 0 unspecified atom stereocenters. The molecule has 18 heavy (non-hydrogen) atoms. The summed E-state index contributed by atoms with van der Waals surface area (Å²) in [7, 11) is 0. The molecular formula is C9H7F5N2O2. The Labute approximate surface area is 97.2 Å². The van der Waals surface area contributed by atoms with Crippen LogP contribution in [0.4, 0.5) is 22.0 Å². The van der Waals surface area contributed by atoms with Crippen molar-refractivity contribution < 1.29 is 31.9 Å². The van der Waals surface area contributed by atoms with Crippen molar-refractivity contribution in [2.24, 2.45) is 5.73 Å². The third-order valence-corrected chi connectivity index (χ3v) is 2.15. The maximum atomic E-state index is 12.7. The number of pyridine rings is 1. The molecule has 0 aliphatic rings. The molecule has 0 amide bonds. The van der Waals surface area contributed by atoms with Gasteiger partial charge in [-0.1, -0.05) is 0 Å². The maximum absolute atomic E-state index is 12.7. The van der Waals surface area contributed by atoms with Crippen LogP contribution in [0, 0.1) is 0 Å². The van der Waals surface area contributed by atoms with Crippen LogP contribution in [-0.4, -0.2) is 16.1 Å². The molecule has 3 N–H and O–H groups in total. The second kappa shape index (κ2) is 4.84. The van der Waals surface area contributed by atoms with Gasteiger partial charge in [-0.15, -0.1) is 0 Å². The van der Waals surface area contributed by atoms with Gasteiger partial charge >= 0.3 is 12.1 Å². The van der Waals surface area contributed by atoms with Crippen LogP contribution in [0.5, 0.6) is 0 Å². The van der Waals surface area contributed by atoms with Gasteiger partial charge in [-0.05, 0) is 0 Å². The third-order valence-electron chi connectivity index (χ3n) is 2.15. The molecule has 0 fully saturated rings. The minimum absolute atomic E-state index is 0.256. The van der Waals surface area contributed by atoms with Gasteiger partial charge in [0.05, 0.1) is 5.56 Å². The topological polar surface area (TPSA) is 76.2 Å². The predicted molar refractivity (Wildman–Crippen MR) is 49.0 cm³/mol. The van der Waals surface area contributed by atoms with Crippen LogP contribution in [0.2, 0.25) is 0 Å². The van der Waals surface area contributed by atoms with Crippen molar-refractivity contribution >= 4 is 5.97 Å². The highest BCUT2D eigenvalue weighted by molar-refractivity contribution is 5.89. The fraction of sp³-hybridized carbons (Fsp3) is 0.333. The minimum Gasteiger partial charge on any atom is -0.478 e. The fourth-order valence-corrected chi connectivity index (χ4v) is 1.44. The zero-order chi connectivity index (χ0) is 14.1. The second-order valence-corrected chi connectivity index (χ2v) is 3.22. The number of carboxylic acid groups (broad SMARTS) is 1. The summed E-state index contributed by atoms with van der Waals surface area (Å²) in [5.74, 6) is -1.79. The predicted octanol–water partition coefficient (Wildman–Crippen LogP) is 2.19. The summed E-state index contributed by atoms with van der Waals surface area (Å²) in [6.45, 7) is -0.886. The summed E-state index contributed by atoms with van der Waals surface area (Å²) < 4.78 is 62.9. The van der Waals surface area contributed by atoms with Crippen LogP contribution in [0.1, 0.15) is 33.6 Å². The van der Waals surface area contributed by atoms with E-state index in [2.05, 4.69) is 4.98 Å². The van der Waals surface area contributed by atoms with Crippen molar-refractivity contribution in [3.05, 3.63) is 28.6 Å². The highest BCUT2D eigenvalue weighted by Crippen LogP contribution is 2.36. The zero-order valence-electron chi connectivity index (χ0n) is 8.63. The number of halogens is 5. The molecule has 0 bridgehead atoms. The smallest absolute Gasteiger partial charge is 0.433 e. The molecule has 100 valence electrons. The van der Waals surface area contributed by atoms with Gasteiger partial charge in [0.25, 0.3) is 6.43 Å². The summed E-state index contributed by atoms with van der Waals surface area (Å²) in [4.78, 5) is 13.5. The van der Waals surface area contributed by atoms with E-state index in [1.165, 1.54) is 0 Å². The van der Waals surface area contributed by atoms with Gasteiger partial charge in [0, 0.05) is 23.9 Å². The first-order chi connectivity index (χ1) is 8.20. The molecular weight excluding hydrogens is 263 g/mol. The van der Waals surface area contributed by atoms with E-state index >= 15 is 0 Å². The SMILES string of the molecule is NCc1c(C(F)(F)F)ncc(C(=O)O)c1C(F)F. The summed E-state index contributed by atoms with van der Waals surface area (Å²) in [6, 6.07) is 0. The molecule has 0 radical (unpaired) electrons. The first kappa shape index (κ1) is 14.3. The van der Waals surface area contributed by atoms with Gasteiger partial charge in [-0.3, -0.25) is 4.98 Å². The Hall–Kier alpha value is -1.77. The van der Waals surface area contributed by atoms with Crippen LogP contribution in [0.15, 0.2) is 6.20 Å². The number of alkyl halides is 5. The number of nitrogens with two attached hydrogens (primary N) is 1. The van der Waals surface area contributed by atoms with Gasteiger partial charge in [0.1, 0.15) is 5.69 Å². The van der Waals surface area contributed by atoms with Crippen molar-refractivity contribution in [2.45, 2.75) is 19.1 Å². The van der Waals surface area contributed by atoms with Crippen LogP contribution in [0.25, 0.3) is 0 Å². The lowest BCUT2D eigenvalue weighted by atomic mass is 10.0. The monoisotopic (exact) mass is 270 g/mol. The molecule has 0 aliphatic carbocycles. The zero-order valence-corrected chi connectivity index (χ0v) is 8.63. The van der Waals surface area contributed by atoms with Crippen LogP contribution < -0.4 is 5.73 Å². The normalized spacial score (nSPS) is 11.9. The van der Waals surface area contributed by atoms with E-state index in [1.54, 1.807) is 0 Å². The molecule has 0 atom stereocenters. The number of rotatable bonds is 3. The highest BCUT2D eigenvalue weighted by Gasteiger charge is 2.38. The number of nitrogens with zero attached hydrogens (tertiary/aromatic N) is 1. The van der Waals surface area contributed by atoms with E-state index in [4.69, 9.17) is 10.8 Å². The van der Waals surface area contributed by atoms with E-state index in [0.717, 1.165) is 0 Å². The van der Waals surface area contributed by atoms with E-state index < -0.39 is 47.5 Å². The highest BCUT2D eigenvalue weighted by atomic mass is 19.4. The van der Waals surface area contributed by atoms with Crippen molar-refractivity contribution in [3.8, 4) is 0 Å². The lowest BCUT2D eigenvalue weighted by molar-refractivity contribution is -0.142. The molecule has 1 aromatic rings. The van der Waals surface area contributed by atoms with Crippen molar-refractivity contribution in [1.29, 1.82) is 0 Å². The van der Waals surface area contributed by atoms with E-state index in [9.17, 15) is 26.7 Å². The minimum atomic E-state index is -4.98. The second-order valence-electron chi connectivity index (χ2n) is 3.22. The van der Waals surface area contributed by atoms with Crippen molar-refractivity contribution in [3.63, 3.8) is 0 Å². The van der Waals surface area contributed by atoms with Crippen molar-refractivity contribution in [1.82, 2.24) is 4.98 Å². The molecule has 0 saturated heterocycles. The summed E-state index contributed by atoms with van der Waals surface area (Å²) in [5, 5.41) is 8.63. The van der Waals surface area contributed by atoms with Gasteiger partial charge in [-0.25, -0.2) is 13.6 Å². The maximum Gasteiger partial charge on any atom is 0.433 e. The van der Waals surface area contributed by atoms with Crippen LogP contribution in [-0.2, 0) is 12.7 Å². The van der Waals surface area contributed by atoms with E-state index in [-0.39, 0.29) is 6.20 Å². The van der Waals surface area contributed by atoms with Gasteiger partial charge in [0.15, 0.2) is 0 Å². The summed E-state index contributed by atoms with van der Waals surface area (Å²) >= 11 is 0. The molecule has 0 aromatic carbocycles. The lowest BCUT2D eigenvalue weighted by Gasteiger charge is -2.16. The Morgan fingerprint density at radius 2 is 2.00 bits per heavy atom. The standard InChI is InChI=1S/C9H7F5N2O2/c10-7(11)5-3(1-15)6(9(12,13)14)16-2-4(5)8(17)18/h2,7H,1,15H2,(H,17,18). The molecule has 1 aromatic heterocycles. The molecule has 1 heterocycles. The van der Waals surface area contributed by atoms with Crippen molar-refractivity contribution in [2.75, 3.05) is 0 Å². The van der Waals surface area contributed by atoms with Gasteiger partial charge < -0.3 is 10.8 Å². The fourth-order valence-electron chi connectivity index (χ4n) is 1.44. The van der Waals surface area contributed by atoms with E-state index in [1.807, 2.05) is 0 Å². The lowest BCUT2D eigenvalue weighted by Crippen LogP contribution is -2.19. The Kier molecular flexibility index (Phi) is 3.85. The Balaban J connectivity index is 3.64. The number of hydrogen-bond donors (Lipinski definition) is 2. The number of hydrogen-bond acceptors (Lipinski definition) is 3. The quantitative estimate of drug-likeness (QED) is 0.825. The number of aromatic nitrogens is 1. The Morgan fingerprint density at radius 3 is 2.33 bits per heavy atom. The molecule has 0 saturated carbocycles. The molecule has 9 heteroatoms. The average molecular weight is 270 g/mol. The first-order valence-electron chi connectivity index (χ1n) is 4.50. The summed E-state index contributed by atoms with van der Waals surface area (Å²) in [6.07, 6.45) is -8.11. The van der Waals surface area contributed by atoms with Gasteiger partial charge in [0.2, 0.25) is 0 Å². The first-order valence-corrected chi connectivity index (χ1v) is 4.50. The van der Waals surface area contributed by atoms with Gasteiger partial charge in [-0.2, -0.15) is 13.2 Å². The van der Waals surface area contributed by atoms with Crippen LogP contribution in [0.3, 0.4) is 0 Å². The summed E-state index contributed by atoms with van der Waals surface area (Å²) in [5.41, 5.74) is 0.163. The molecule has 4 nitrogen and oxygen atoms in total. The van der Waals surface area contributed by atoms with E-state index in [0.29, 0.717) is 0 Å². The molecule has 0 spiro atoms. The average Bonchev–Trinajstić information content (AvgIpc) is 2.25. The Morgan fingerprint density at radius 1 is 1.44 bits per heavy atom. The Bertz CT molecular complexity index is 473. The third kappa shape index (κ3) is 2.55. The largest absolute Gasteiger partial charge is 0.478 e. The number of aromatic carboxylic acids is 1.